The molecule has 0 aromatic rings. The Morgan fingerprint density at radius 2 is 2.12 bits per heavy atom. The average Bonchev–Trinajstić information content (AvgIpc) is 2.20. The van der Waals surface area contributed by atoms with Crippen LogP contribution < -0.4 is 11.1 Å². The molecule has 1 heterocycles. The normalized spacial score (nSPS) is 29.1. The van der Waals surface area contributed by atoms with Gasteiger partial charge in [-0.3, -0.25) is 4.79 Å². The van der Waals surface area contributed by atoms with Crippen LogP contribution in [-0.2, 0) is 4.79 Å². The van der Waals surface area contributed by atoms with E-state index in [4.69, 9.17) is 5.73 Å². The van der Waals surface area contributed by atoms with Gasteiger partial charge in [0, 0.05) is 12.6 Å². The van der Waals surface area contributed by atoms with Crippen LogP contribution in [0.25, 0.3) is 0 Å². The number of hydrogen-bond donors (Lipinski definition) is 2. The molecule has 1 saturated heterocycles. The first-order chi connectivity index (χ1) is 7.41. The van der Waals surface area contributed by atoms with E-state index in [-0.39, 0.29) is 23.9 Å². The highest BCUT2D eigenvalue weighted by molar-refractivity contribution is 5.82. The molecule has 0 radical (unpaired) electrons. The quantitative estimate of drug-likeness (QED) is 0.735. The van der Waals surface area contributed by atoms with E-state index in [1.165, 1.54) is 0 Å². The molecule has 0 saturated carbocycles. The summed E-state index contributed by atoms with van der Waals surface area (Å²) >= 11 is 0. The first-order valence-electron chi connectivity index (χ1n) is 6.16. The molecule has 4 nitrogen and oxygen atoms in total. The molecule has 1 amide bonds. The Balaban J connectivity index is 2.45. The summed E-state index contributed by atoms with van der Waals surface area (Å²) in [6.45, 7) is 8.22. The van der Waals surface area contributed by atoms with Crippen molar-refractivity contribution in [3.63, 3.8) is 0 Å². The number of amides is 1. The van der Waals surface area contributed by atoms with Crippen molar-refractivity contribution < 1.29 is 4.79 Å². The molecule has 1 rings (SSSR count). The highest BCUT2D eigenvalue weighted by Gasteiger charge is 2.27. The third-order valence-corrected chi connectivity index (χ3v) is 3.46. The Bertz CT molecular complexity index is 242. The van der Waals surface area contributed by atoms with Gasteiger partial charge in [-0.05, 0) is 31.8 Å². The van der Waals surface area contributed by atoms with Crippen LogP contribution in [0.1, 0.15) is 27.2 Å². The number of likely N-dealkylation sites (tertiary alicyclic amines) is 1. The van der Waals surface area contributed by atoms with Gasteiger partial charge in [0.25, 0.3) is 0 Å². The number of piperidine rings is 1. The van der Waals surface area contributed by atoms with Crippen molar-refractivity contribution in [3.8, 4) is 0 Å². The molecule has 3 N–H and O–H groups in total. The molecular formula is C12H25N3O. The predicted molar refractivity (Wildman–Crippen MR) is 66.0 cm³/mol. The largest absolute Gasteiger partial charge is 0.352 e. The van der Waals surface area contributed by atoms with Gasteiger partial charge in [0.05, 0.1) is 6.04 Å². The Kier molecular flexibility index (Phi) is 4.74. The standard InChI is InChI=1S/C12H25N3O/c1-8(2)11(13)12(16)14-10-5-6-15(4)7-9(10)3/h8-11H,5-7,13H2,1-4H3,(H,14,16). The van der Waals surface area contributed by atoms with Gasteiger partial charge in [-0.2, -0.15) is 0 Å². The maximum atomic E-state index is 11.8. The van der Waals surface area contributed by atoms with Gasteiger partial charge in [-0.25, -0.2) is 0 Å². The number of nitrogens with one attached hydrogen (secondary N) is 1. The van der Waals surface area contributed by atoms with Gasteiger partial charge < -0.3 is 16.0 Å². The van der Waals surface area contributed by atoms with E-state index in [1.807, 2.05) is 13.8 Å². The van der Waals surface area contributed by atoms with Crippen LogP contribution in [0.5, 0.6) is 0 Å². The van der Waals surface area contributed by atoms with Crippen molar-refractivity contribution in [2.24, 2.45) is 17.6 Å². The summed E-state index contributed by atoms with van der Waals surface area (Å²) in [4.78, 5) is 14.1. The number of nitrogens with zero attached hydrogens (tertiary/aromatic N) is 1. The van der Waals surface area contributed by atoms with Crippen LogP contribution in [0.2, 0.25) is 0 Å². The third-order valence-electron chi connectivity index (χ3n) is 3.46. The Labute approximate surface area is 98.6 Å². The molecule has 1 fully saturated rings. The average molecular weight is 227 g/mol. The summed E-state index contributed by atoms with van der Waals surface area (Å²) in [6.07, 6.45) is 1.02. The molecule has 1 aliphatic rings. The lowest BCUT2D eigenvalue weighted by Crippen LogP contribution is -2.53. The topological polar surface area (TPSA) is 58.4 Å². The molecule has 0 bridgehead atoms. The summed E-state index contributed by atoms with van der Waals surface area (Å²) in [6, 6.07) is -0.0969. The SMILES string of the molecule is CC(C)C(N)C(=O)NC1CCN(C)CC1C. The van der Waals surface area contributed by atoms with Gasteiger partial charge in [-0.15, -0.1) is 0 Å². The Hall–Kier alpha value is -0.610. The van der Waals surface area contributed by atoms with Crippen LogP contribution in [-0.4, -0.2) is 43.0 Å². The third kappa shape index (κ3) is 3.46. The lowest BCUT2D eigenvalue weighted by atomic mass is 9.93. The lowest BCUT2D eigenvalue weighted by molar-refractivity contribution is -0.124. The van der Waals surface area contributed by atoms with Gasteiger partial charge in [0.1, 0.15) is 0 Å². The van der Waals surface area contributed by atoms with Crippen LogP contribution >= 0.6 is 0 Å². The molecule has 4 heteroatoms. The summed E-state index contributed by atoms with van der Waals surface area (Å²) in [5.74, 6) is 0.694. The molecule has 0 aromatic carbocycles. The lowest BCUT2D eigenvalue weighted by Gasteiger charge is -2.35. The minimum Gasteiger partial charge on any atom is -0.352 e. The number of carbonyl (C=O) groups excluding carboxylic acids is 1. The number of hydrogen-bond acceptors (Lipinski definition) is 3. The minimum atomic E-state index is -0.383. The van der Waals surface area contributed by atoms with Crippen LogP contribution in [0.4, 0.5) is 0 Å². The maximum absolute atomic E-state index is 11.8. The van der Waals surface area contributed by atoms with Crippen LogP contribution in [0.3, 0.4) is 0 Å². The Morgan fingerprint density at radius 3 is 2.62 bits per heavy atom. The van der Waals surface area contributed by atoms with Gasteiger partial charge in [-0.1, -0.05) is 20.8 Å². The zero-order valence-corrected chi connectivity index (χ0v) is 10.9. The Morgan fingerprint density at radius 1 is 1.50 bits per heavy atom. The van der Waals surface area contributed by atoms with Crippen LogP contribution in [0.15, 0.2) is 0 Å². The monoisotopic (exact) mass is 227 g/mol. The molecule has 0 spiro atoms. The fourth-order valence-corrected chi connectivity index (χ4v) is 2.15. The van der Waals surface area contributed by atoms with Crippen molar-refractivity contribution in [1.29, 1.82) is 0 Å². The predicted octanol–water partition coefficient (Wildman–Crippen LogP) is 0.426. The fraction of sp³-hybridized carbons (Fsp3) is 0.917. The molecule has 16 heavy (non-hydrogen) atoms. The second-order valence-electron chi connectivity index (χ2n) is 5.41. The van der Waals surface area contributed by atoms with E-state index in [2.05, 4.69) is 24.2 Å². The summed E-state index contributed by atoms with van der Waals surface area (Å²) < 4.78 is 0. The second-order valence-corrected chi connectivity index (χ2v) is 5.41. The van der Waals surface area contributed by atoms with E-state index in [9.17, 15) is 4.79 Å². The van der Waals surface area contributed by atoms with Crippen molar-refractivity contribution >= 4 is 5.91 Å². The first-order valence-corrected chi connectivity index (χ1v) is 6.16. The number of carbonyl (C=O) groups is 1. The molecule has 1 aliphatic heterocycles. The molecule has 94 valence electrons. The number of rotatable bonds is 3. The van der Waals surface area contributed by atoms with E-state index in [1.54, 1.807) is 0 Å². The van der Waals surface area contributed by atoms with Crippen molar-refractivity contribution in [3.05, 3.63) is 0 Å². The summed E-state index contributed by atoms with van der Waals surface area (Å²) in [5, 5.41) is 3.08. The molecule has 0 aliphatic carbocycles. The molecular weight excluding hydrogens is 202 g/mol. The van der Waals surface area contributed by atoms with Crippen molar-refractivity contribution in [2.75, 3.05) is 20.1 Å². The van der Waals surface area contributed by atoms with Gasteiger partial charge >= 0.3 is 0 Å². The van der Waals surface area contributed by atoms with Crippen molar-refractivity contribution in [1.82, 2.24) is 10.2 Å². The molecule has 3 unspecified atom stereocenters. The van der Waals surface area contributed by atoms with Gasteiger partial charge in [0.15, 0.2) is 0 Å². The fourth-order valence-electron chi connectivity index (χ4n) is 2.15. The highest BCUT2D eigenvalue weighted by Crippen LogP contribution is 2.15. The van der Waals surface area contributed by atoms with E-state index < -0.39 is 0 Å². The molecule has 0 aromatic heterocycles. The first kappa shape index (κ1) is 13.5. The minimum absolute atomic E-state index is 0.00333. The van der Waals surface area contributed by atoms with Crippen LogP contribution in [0, 0.1) is 11.8 Å². The molecule has 3 atom stereocenters. The second kappa shape index (κ2) is 5.64. The smallest absolute Gasteiger partial charge is 0.237 e. The van der Waals surface area contributed by atoms with E-state index in [0.29, 0.717) is 5.92 Å². The number of nitrogens with two attached hydrogens (primary N) is 1. The van der Waals surface area contributed by atoms with Gasteiger partial charge in [0.2, 0.25) is 5.91 Å². The summed E-state index contributed by atoms with van der Waals surface area (Å²) in [7, 11) is 2.12. The zero-order chi connectivity index (χ0) is 12.3. The highest BCUT2D eigenvalue weighted by atomic mass is 16.2. The zero-order valence-electron chi connectivity index (χ0n) is 10.9. The van der Waals surface area contributed by atoms with E-state index >= 15 is 0 Å². The maximum Gasteiger partial charge on any atom is 0.237 e. The van der Waals surface area contributed by atoms with Crippen molar-refractivity contribution in [2.45, 2.75) is 39.3 Å². The van der Waals surface area contributed by atoms with E-state index in [0.717, 1.165) is 19.5 Å². The summed E-state index contributed by atoms with van der Waals surface area (Å²) in [5.41, 5.74) is 5.83.